The van der Waals surface area contributed by atoms with Crippen LogP contribution in [-0.2, 0) is 16.1 Å². The molecule has 106 valence electrons. The van der Waals surface area contributed by atoms with Gasteiger partial charge in [-0.2, -0.15) is 0 Å². The van der Waals surface area contributed by atoms with Crippen molar-refractivity contribution in [3.8, 4) is 5.75 Å². The lowest BCUT2D eigenvalue weighted by atomic mass is 9.95. The first kappa shape index (κ1) is 15.8. The number of benzene rings is 1. The van der Waals surface area contributed by atoms with E-state index in [-0.39, 0.29) is 12.6 Å². The van der Waals surface area contributed by atoms with E-state index < -0.39 is 5.41 Å². The lowest BCUT2D eigenvalue weighted by molar-refractivity contribution is -0.152. The summed E-state index contributed by atoms with van der Waals surface area (Å²) in [6.07, 6.45) is 0. The van der Waals surface area contributed by atoms with Crippen LogP contribution in [0.2, 0.25) is 5.02 Å². The Kier molecular flexibility index (Phi) is 5.63. The molecule has 5 heteroatoms. The van der Waals surface area contributed by atoms with Crippen molar-refractivity contribution in [1.82, 2.24) is 5.32 Å². The third-order valence-corrected chi connectivity index (χ3v) is 3.11. The molecule has 0 fully saturated rings. The molecule has 0 radical (unpaired) electrons. The standard InChI is InChI=1S/C14H20ClNO3/c1-14(2,13(17)18-4)9-19-12-7-5-6-11(15)10(12)8-16-3/h5-7,16H,8-9H2,1-4H3. The molecule has 0 saturated carbocycles. The van der Waals surface area contributed by atoms with Gasteiger partial charge in [-0.05, 0) is 33.0 Å². The molecule has 0 bridgehead atoms. The maximum atomic E-state index is 11.6. The van der Waals surface area contributed by atoms with Gasteiger partial charge in [0.15, 0.2) is 0 Å². The van der Waals surface area contributed by atoms with Gasteiger partial charge >= 0.3 is 5.97 Å². The summed E-state index contributed by atoms with van der Waals surface area (Å²) in [5, 5.41) is 3.68. The Balaban J connectivity index is 2.83. The first-order chi connectivity index (χ1) is 8.92. The van der Waals surface area contributed by atoms with Gasteiger partial charge in [-0.1, -0.05) is 17.7 Å². The van der Waals surface area contributed by atoms with Crippen LogP contribution in [0.5, 0.6) is 5.75 Å². The lowest BCUT2D eigenvalue weighted by Crippen LogP contribution is -2.32. The highest BCUT2D eigenvalue weighted by Crippen LogP contribution is 2.28. The molecule has 0 spiro atoms. The Morgan fingerprint density at radius 3 is 2.68 bits per heavy atom. The van der Waals surface area contributed by atoms with Crippen molar-refractivity contribution in [2.24, 2.45) is 5.41 Å². The molecule has 4 nitrogen and oxygen atoms in total. The molecular weight excluding hydrogens is 266 g/mol. The Morgan fingerprint density at radius 1 is 1.42 bits per heavy atom. The minimum absolute atomic E-state index is 0.233. The van der Waals surface area contributed by atoms with Crippen molar-refractivity contribution in [1.29, 1.82) is 0 Å². The maximum Gasteiger partial charge on any atom is 0.314 e. The molecule has 0 saturated heterocycles. The Labute approximate surface area is 119 Å². The second-order valence-corrected chi connectivity index (χ2v) is 5.32. The van der Waals surface area contributed by atoms with E-state index in [2.05, 4.69) is 5.32 Å². The summed E-state index contributed by atoms with van der Waals surface area (Å²) < 4.78 is 10.5. The minimum atomic E-state index is -0.700. The van der Waals surface area contributed by atoms with Crippen LogP contribution in [0.1, 0.15) is 19.4 Å². The molecule has 1 N–H and O–H groups in total. The van der Waals surface area contributed by atoms with Gasteiger partial charge in [0.2, 0.25) is 0 Å². The topological polar surface area (TPSA) is 47.6 Å². The van der Waals surface area contributed by atoms with Crippen LogP contribution in [0.3, 0.4) is 0 Å². The van der Waals surface area contributed by atoms with Crippen molar-refractivity contribution < 1.29 is 14.3 Å². The van der Waals surface area contributed by atoms with Crippen LogP contribution in [0.15, 0.2) is 18.2 Å². The van der Waals surface area contributed by atoms with E-state index >= 15 is 0 Å². The third kappa shape index (κ3) is 4.11. The fourth-order valence-electron chi connectivity index (χ4n) is 1.62. The average molecular weight is 286 g/mol. The first-order valence-electron chi connectivity index (χ1n) is 6.05. The van der Waals surface area contributed by atoms with Crippen molar-refractivity contribution in [3.05, 3.63) is 28.8 Å². The summed E-state index contributed by atoms with van der Waals surface area (Å²) in [6.45, 7) is 4.40. The van der Waals surface area contributed by atoms with E-state index in [4.69, 9.17) is 21.1 Å². The van der Waals surface area contributed by atoms with Crippen LogP contribution in [0.25, 0.3) is 0 Å². The monoisotopic (exact) mass is 285 g/mol. The molecular formula is C14H20ClNO3. The summed E-state index contributed by atoms with van der Waals surface area (Å²) >= 11 is 6.14. The quantitative estimate of drug-likeness (QED) is 0.816. The number of hydrogen-bond donors (Lipinski definition) is 1. The fraction of sp³-hybridized carbons (Fsp3) is 0.500. The highest BCUT2D eigenvalue weighted by atomic mass is 35.5. The summed E-state index contributed by atoms with van der Waals surface area (Å²) in [5.41, 5.74) is 0.181. The van der Waals surface area contributed by atoms with Crippen LogP contribution >= 0.6 is 11.6 Å². The molecule has 0 amide bonds. The van der Waals surface area contributed by atoms with Gasteiger partial charge in [0.05, 0.1) is 12.5 Å². The van der Waals surface area contributed by atoms with Crippen molar-refractivity contribution in [2.45, 2.75) is 20.4 Å². The predicted molar refractivity (Wildman–Crippen MR) is 75.5 cm³/mol. The van der Waals surface area contributed by atoms with E-state index in [1.165, 1.54) is 7.11 Å². The summed E-state index contributed by atoms with van der Waals surface area (Å²) in [5.74, 6) is 0.378. The summed E-state index contributed by atoms with van der Waals surface area (Å²) in [7, 11) is 3.21. The predicted octanol–water partition coefficient (Wildman–Crippen LogP) is 2.64. The van der Waals surface area contributed by atoms with Crippen molar-refractivity contribution >= 4 is 17.6 Å². The highest BCUT2D eigenvalue weighted by Gasteiger charge is 2.30. The molecule has 0 aromatic heterocycles. The van der Waals surface area contributed by atoms with Gasteiger partial charge in [-0.3, -0.25) is 4.79 Å². The number of carbonyl (C=O) groups is 1. The smallest absolute Gasteiger partial charge is 0.314 e. The van der Waals surface area contributed by atoms with E-state index in [9.17, 15) is 4.79 Å². The third-order valence-electron chi connectivity index (χ3n) is 2.76. The molecule has 1 aromatic carbocycles. The SMILES string of the molecule is CNCc1c(Cl)cccc1OCC(C)(C)C(=O)OC. The van der Waals surface area contributed by atoms with E-state index in [0.29, 0.717) is 17.3 Å². The average Bonchev–Trinajstić information content (AvgIpc) is 2.38. The number of esters is 1. The summed E-state index contributed by atoms with van der Waals surface area (Å²) in [6, 6.07) is 5.47. The zero-order chi connectivity index (χ0) is 14.5. The van der Waals surface area contributed by atoms with Crippen LogP contribution in [0.4, 0.5) is 0 Å². The van der Waals surface area contributed by atoms with Crippen molar-refractivity contribution in [2.75, 3.05) is 20.8 Å². The molecule has 0 heterocycles. The zero-order valence-corrected chi connectivity index (χ0v) is 12.5. The van der Waals surface area contributed by atoms with E-state index in [0.717, 1.165) is 5.56 Å². The molecule has 0 unspecified atom stereocenters. The van der Waals surface area contributed by atoms with Gasteiger partial charge in [0, 0.05) is 17.1 Å². The molecule has 1 rings (SSSR count). The molecule has 1 aromatic rings. The van der Waals surface area contributed by atoms with E-state index in [1.807, 2.05) is 25.2 Å². The fourth-order valence-corrected chi connectivity index (χ4v) is 1.85. The first-order valence-corrected chi connectivity index (χ1v) is 6.43. The Bertz CT molecular complexity index is 446. The van der Waals surface area contributed by atoms with Gasteiger partial charge in [0.25, 0.3) is 0 Å². The van der Waals surface area contributed by atoms with Crippen LogP contribution in [0, 0.1) is 5.41 Å². The molecule has 0 aliphatic heterocycles. The molecule has 0 atom stereocenters. The zero-order valence-electron chi connectivity index (χ0n) is 11.7. The normalized spacial score (nSPS) is 11.2. The number of hydrogen-bond acceptors (Lipinski definition) is 4. The maximum absolute atomic E-state index is 11.6. The largest absolute Gasteiger partial charge is 0.492 e. The second-order valence-electron chi connectivity index (χ2n) is 4.91. The second kappa shape index (κ2) is 6.78. The number of carbonyl (C=O) groups excluding carboxylic acids is 1. The lowest BCUT2D eigenvalue weighted by Gasteiger charge is -2.22. The highest BCUT2D eigenvalue weighted by molar-refractivity contribution is 6.31. The van der Waals surface area contributed by atoms with Crippen LogP contribution < -0.4 is 10.1 Å². The Hall–Kier alpha value is -1.26. The number of methoxy groups -OCH3 is 1. The van der Waals surface area contributed by atoms with Crippen molar-refractivity contribution in [3.63, 3.8) is 0 Å². The molecule has 0 aliphatic carbocycles. The Morgan fingerprint density at radius 2 is 2.11 bits per heavy atom. The van der Waals surface area contributed by atoms with E-state index in [1.54, 1.807) is 13.8 Å². The number of nitrogens with one attached hydrogen (secondary N) is 1. The summed E-state index contributed by atoms with van der Waals surface area (Å²) in [4.78, 5) is 11.6. The van der Waals surface area contributed by atoms with Gasteiger partial charge in [-0.25, -0.2) is 0 Å². The molecule has 19 heavy (non-hydrogen) atoms. The number of halogens is 1. The van der Waals surface area contributed by atoms with Crippen LogP contribution in [-0.4, -0.2) is 26.7 Å². The number of ether oxygens (including phenoxy) is 2. The minimum Gasteiger partial charge on any atom is -0.492 e. The van der Waals surface area contributed by atoms with Gasteiger partial charge in [-0.15, -0.1) is 0 Å². The number of rotatable bonds is 6. The van der Waals surface area contributed by atoms with Gasteiger partial charge in [0.1, 0.15) is 12.4 Å². The van der Waals surface area contributed by atoms with Gasteiger partial charge < -0.3 is 14.8 Å². The molecule has 0 aliphatic rings.